The van der Waals surface area contributed by atoms with E-state index in [0.717, 1.165) is 53.9 Å². The number of carbonyl (C=O) groups excluding carboxylic acids is 1. The van der Waals surface area contributed by atoms with Gasteiger partial charge >= 0.3 is 0 Å². The van der Waals surface area contributed by atoms with Crippen LogP contribution < -0.4 is 15.0 Å². The second-order valence-electron chi connectivity index (χ2n) is 8.97. The first-order valence-corrected chi connectivity index (χ1v) is 13.6. The summed E-state index contributed by atoms with van der Waals surface area (Å²) in [7, 11) is -1.96. The van der Waals surface area contributed by atoms with Crippen LogP contribution in [-0.4, -0.2) is 39.9 Å². The number of aryl methyl sites for hydroxylation is 1. The molecule has 0 saturated carbocycles. The molecule has 1 unspecified atom stereocenters. The molecule has 3 aromatic carbocycles. The molecule has 4 rings (SSSR count). The maximum Gasteiger partial charge on any atom is 0.243 e. The molecule has 1 amide bonds. The molecule has 35 heavy (non-hydrogen) atoms. The minimum absolute atomic E-state index is 0.216. The van der Waals surface area contributed by atoms with E-state index in [4.69, 9.17) is 4.74 Å². The van der Waals surface area contributed by atoms with Crippen LogP contribution in [0.25, 0.3) is 0 Å². The Labute approximate surface area is 207 Å². The topological polar surface area (TPSA) is 75.7 Å². The van der Waals surface area contributed by atoms with E-state index in [-0.39, 0.29) is 10.8 Å². The number of para-hydroxylation sites is 1. The zero-order valence-corrected chi connectivity index (χ0v) is 21.1. The van der Waals surface area contributed by atoms with E-state index >= 15 is 0 Å². The van der Waals surface area contributed by atoms with Gasteiger partial charge < -0.3 is 15.0 Å². The van der Waals surface area contributed by atoms with Crippen LogP contribution in [0, 0.1) is 6.92 Å². The summed E-state index contributed by atoms with van der Waals surface area (Å²) in [6, 6.07) is 22.4. The number of nitrogens with one attached hydrogen (secondary N) is 1. The molecule has 7 heteroatoms. The van der Waals surface area contributed by atoms with Crippen molar-refractivity contribution in [2.45, 2.75) is 43.5 Å². The second-order valence-corrected chi connectivity index (χ2v) is 11.0. The van der Waals surface area contributed by atoms with Crippen molar-refractivity contribution in [3.8, 4) is 5.75 Å². The van der Waals surface area contributed by atoms with Gasteiger partial charge in [-0.25, -0.2) is 8.42 Å². The van der Waals surface area contributed by atoms with Crippen molar-refractivity contribution in [1.82, 2.24) is 5.32 Å². The van der Waals surface area contributed by atoms with E-state index < -0.39 is 21.8 Å². The summed E-state index contributed by atoms with van der Waals surface area (Å²) in [6.07, 6.45) is 3.34. The fourth-order valence-electron chi connectivity index (χ4n) is 4.51. The summed E-state index contributed by atoms with van der Waals surface area (Å²) in [6.45, 7) is 2.66. The summed E-state index contributed by atoms with van der Waals surface area (Å²) in [5, 5.41) is 2.70. The summed E-state index contributed by atoms with van der Waals surface area (Å²) in [5.74, 6) is 0.155. The average Bonchev–Trinajstić information content (AvgIpc) is 2.88. The number of sulfone groups is 1. The van der Waals surface area contributed by atoms with Crippen molar-refractivity contribution >= 4 is 21.4 Å². The smallest absolute Gasteiger partial charge is 0.243 e. The largest absolute Gasteiger partial charge is 0.497 e. The van der Waals surface area contributed by atoms with Crippen molar-refractivity contribution in [2.75, 3.05) is 24.4 Å². The highest BCUT2D eigenvalue weighted by atomic mass is 32.2. The van der Waals surface area contributed by atoms with E-state index in [9.17, 15) is 13.2 Å². The molecule has 1 aliphatic heterocycles. The number of carbonyl (C=O) groups is 1. The molecule has 0 bridgehead atoms. The number of methoxy groups -OCH3 is 1. The lowest BCUT2D eigenvalue weighted by molar-refractivity contribution is -0.122. The molecule has 1 heterocycles. The molecule has 3 aromatic rings. The molecule has 0 radical (unpaired) electrons. The number of hydrogen-bond donors (Lipinski definition) is 1. The standard InChI is InChI=1S/C28H32N2O4S/c1-21-10-16-25(17-11-21)35(32,33)20-29-28(31)27-9-5-6-18-30(27)26-8-4-3-7-23(26)19-22-12-14-24(34-2)15-13-22/h3-4,7-8,10-17,27H,5-6,9,18-20H2,1-2H3,(H,29,31). The normalized spacial score (nSPS) is 16.1. The highest BCUT2D eigenvalue weighted by molar-refractivity contribution is 7.91. The Morgan fingerprint density at radius 3 is 2.43 bits per heavy atom. The van der Waals surface area contributed by atoms with Crippen LogP contribution in [0.3, 0.4) is 0 Å². The minimum Gasteiger partial charge on any atom is -0.497 e. The van der Waals surface area contributed by atoms with Crippen LogP contribution in [0.5, 0.6) is 5.75 Å². The van der Waals surface area contributed by atoms with Crippen molar-refractivity contribution in [1.29, 1.82) is 0 Å². The number of rotatable bonds is 8. The monoisotopic (exact) mass is 492 g/mol. The lowest BCUT2D eigenvalue weighted by Crippen LogP contribution is -2.50. The fourth-order valence-corrected chi connectivity index (χ4v) is 5.56. The van der Waals surface area contributed by atoms with Gasteiger partial charge in [-0.15, -0.1) is 0 Å². The van der Waals surface area contributed by atoms with Crippen molar-refractivity contribution < 1.29 is 17.9 Å². The molecular formula is C28H32N2O4S. The lowest BCUT2D eigenvalue weighted by atomic mass is 9.97. The molecule has 1 fully saturated rings. The highest BCUT2D eigenvalue weighted by Crippen LogP contribution is 2.30. The summed E-state index contributed by atoms with van der Waals surface area (Å²) in [5.41, 5.74) is 4.29. The molecule has 1 saturated heterocycles. The van der Waals surface area contributed by atoms with Crippen molar-refractivity contribution in [3.05, 3.63) is 89.5 Å². The van der Waals surface area contributed by atoms with Gasteiger partial charge in [-0.1, -0.05) is 48.0 Å². The molecule has 0 spiro atoms. The van der Waals surface area contributed by atoms with Gasteiger partial charge in [0, 0.05) is 12.2 Å². The summed E-state index contributed by atoms with van der Waals surface area (Å²) in [4.78, 5) is 15.6. The molecule has 184 valence electrons. The van der Waals surface area contributed by atoms with Gasteiger partial charge in [0.1, 0.15) is 17.7 Å². The SMILES string of the molecule is COc1ccc(Cc2ccccc2N2CCCCC2C(=O)NCS(=O)(=O)c2ccc(C)cc2)cc1. The van der Waals surface area contributed by atoms with Gasteiger partial charge in [0.25, 0.3) is 0 Å². The van der Waals surface area contributed by atoms with E-state index in [1.807, 2.05) is 49.4 Å². The first-order valence-electron chi connectivity index (χ1n) is 11.9. The van der Waals surface area contributed by atoms with Gasteiger partial charge in [-0.2, -0.15) is 0 Å². The van der Waals surface area contributed by atoms with Gasteiger partial charge in [0.2, 0.25) is 5.91 Å². The third kappa shape index (κ3) is 6.03. The second kappa shape index (κ2) is 11.0. The Balaban J connectivity index is 1.50. The van der Waals surface area contributed by atoms with E-state index in [1.165, 1.54) is 0 Å². The molecule has 6 nitrogen and oxygen atoms in total. The maximum atomic E-state index is 13.2. The molecule has 0 aromatic heterocycles. The van der Waals surface area contributed by atoms with E-state index in [1.54, 1.807) is 31.4 Å². The number of hydrogen-bond acceptors (Lipinski definition) is 5. The number of anilines is 1. The number of amides is 1. The first kappa shape index (κ1) is 24.8. The van der Waals surface area contributed by atoms with Crippen LogP contribution in [0.15, 0.2) is 77.7 Å². The highest BCUT2D eigenvalue weighted by Gasteiger charge is 2.31. The number of nitrogens with zero attached hydrogens (tertiary/aromatic N) is 1. The van der Waals surface area contributed by atoms with Crippen molar-refractivity contribution in [2.24, 2.45) is 0 Å². The Morgan fingerprint density at radius 2 is 1.71 bits per heavy atom. The minimum atomic E-state index is -3.61. The first-order chi connectivity index (χ1) is 16.9. The Kier molecular flexibility index (Phi) is 7.76. The van der Waals surface area contributed by atoms with Gasteiger partial charge in [0.05, 0.1) is 12.0 Å². The fraction of sp³-hybridized carbons (Fsp3) is 0.321. The third-order valence-electron chi connectivity index (χ3n) is 6.48. The number of piperidine rings is 1. The van der Waals surface area contributed by atoms with Gasteiger partial charge in [-0.3, -0.25) is 4.79 Å². The van der Waals surface area contributed by atoms with Crippen molar-refractivity contribution in [3.63, 3.8) is 0 Å². The Bertz CT molecular complexity index is 1250. The van der Waals surface area contributed by atoms with Crippen LogP contribution in [0.2, 0.25) is 0 Å². The molecule has 1 atom stereocenters. The zero-order valence-electron chi connectivity index (χ0n) is 20.2. The van der Waals surface area contributed by atoms with Crippen LogP contribution in [0.1, 0.15) is 36.0 Å². The van der Waals surface area contributed by atoms with E-state index in [2.05, 4.69) is 16.3 Å². The predicted octanol–water partition coefficient (Wildman–Crippen LogP) is 4.50. The molecule has 1 aliphatic rings. The van der Waals surface area contributed by atoms with Crippen LogP contribution in [0.4, 0.5) is 5.69 Å². The quantitative estimate of drug-likeness (QED) is 0.501. The van der Waals surface area contributed by atoms with E-state index in [0.29, 0.717) is 6.42 Å². The number of benzene rings is 3. The lowest BCUT2D eigenvalue weighted by Gasteiger charge is -2.37. The Hall–Kier alpha value is -3.32. The molecule has 0 aliphatic carbocycles. The van der Waals surface area contributed by atoms with Crippen LogP contribution >= 0.6 is 0 Å². The molecule has 1 N–H and O–H groups in total. The summed E-state index contributed by atoms with van der Waals surface area (Å²) < 4.78 is 30.8. The third-order valence-corrected chi connectivity index (χ3v) is 7.99. The predicted molar refractivity (Wildman–Crippen MR) is 139 cm³/mol. The van der Waals surface area contributed by atoms with Crippen LogP contribution in [-0.2, 0) is 21.1 Å². The summed E-state index contributed by atoms with van der Waals surface area (Å²) >= 11 is 0. The van der Waals surface area contributed by atoms with Gasteiger partial charge in [0.15, 0.2) is 9.84 Å². The number of ether oxygens (including phenoxy) is 1. The Morgan fingerprint density at radius 1 is 1.00 bits per heavy atom. The average molecular weight is 493 g/mol. The van der Waals surface area contributed by atoms with Gasteiger partial charge in [-0.05, 0) is 74.1 Å². The molecular weight excluding hydrogens is 460 g/mol. The zero-order chi connectivity index (χ0) is 24.8. The maximum absolute atomic E-state index is 13.2.